The molecule has 1 N–H and O–H groups in total. The second kappa shape index (κ2) is 12.3. The van der Waals surface area contributed by atoms with E-state index in [1.807, 2.05) is 66.9 Å². The summed E-state index contributed by atoms with van der Waals surface area (Å²) in [7, 11) is 0. The molecule has 0 radical (unpaired) electrons. The maximum atomic E-state index is 12.2. The number of aliphatic hydroxyl groups excluding tert-OH is 1. The molecule has 0 spiro atoms. The summed E-state index contributed by atoms with van der Waals surface area (Å²) >= 11 is 0. The van der Waals surface area contributed by atoms with Crippen LogP contribution in [-0.4, -0.2) is 21.3 Å². The highest BCUT2D eigenvalue weighted by Crippen LogP contribution is 2.28. The SMILES string of the molecule is OC(CCCC(F)(F)F)c1cccc(OCc2ccc3ccccc3n2)c1.c1ccc2ncccc2c1. The number of fused-ring (bicyclic) bond motifs is 2. The fourth-order valence-corrected chi connectivity index (χ4v) is 3.84. The highest BCUT2D eigenvalue weighted by Gasteiger charge is 2.26. The Bertz CT molecular complexity index is 1370. The van der Waals surface area contributed by atoms with Crippen molar-refractivity contribution in [2.75, 3.05) is 0 Å². The molecular weight excluding hydrogens is 477 g/mol. The summed E-state index contributed by atoms with van der Waals surface area (Å²) in [6.07, 6.45) is -4.30. The minimum Gasteiger partial charge on any atom is -0.487 e. The molecule has 0 bridgehead atoms. The maximum Gasteiger partial charge on any atom is 0.389 e. The third-order valence-corrected chi connectivity index (χ3v) is 5.74. The minimum atomic E-state index is -4.20. The Morgan fingerprint density at radius 2 is 1.49 bits per heavy atom. The summed E-state index contributed by atoms with van der Waals surface area (Å²) in [6, 6.07) is 30.5. The quantitative estimate of drug-likeness (QED) is 0.246. The number of benzene rings is 3. The molecule has 0 saturated heterocycles. The van der Waals surface area contributed by atoms with Crippen molar-refractivity contribution in [2.24, 2.45) is 0 Å². The topological polar surface area (TPSA) is 55.2 Å². The van der Waals surface area contributed by atoms with Crippen molar-refractivity contribution in [3.63, 3.8) is 0 Å². The van der Waals surface area contributed by atoms with Crippen molar-refractivity contribution < 1.29 is 23.0 Å². The van der Waals surface area contributed by atoms with Gasteiger partial charge in [-0.2, -0.15) is 13.2 Å². The van der Waals surface area contributed by atoms with Crippen LogP contribution < -0.4 is 4.74 Å². The zero-order valence-corrected chi connectivity index (χ0v) is 20.1. The molecule has 3 aromatic carbocycles. The lowest BCUT2D eigenvalue weighted by molar-refractivity contribution is -0.136. The van der Waals surface area contributed by atoms with E-state index in [9.17, 15) is 18.3 Å². The monoisotopic (exact) mass is 504 g/mol. The van der Waals surface area contributed by atoms with Gasteiger partial charge in [0, 0.05) is 23.4 Å². The van der Waals surface area contributed by atoms with Crippen LogP contribution in [0.15, 0.2) is 103 Å². The number of alkyl halides is 3. The van der Waals surface area contributed by atoms with Crippen LogP contribution in [0.25, 0.3) is 21.8 Å². The molecule has 37 heavy (non-hydrogen) atoms. The first-order chi connectivity index (χ1) is 17.9. The molecular formula is C30H27F3N2O2. The Balaban J connectivity index is 0.000000265. The average molecular weight is 505 g/mol. The van der Waals surface area contributed by atoms with Gasteiger partial charge in [0.2, 0.25) is 0 Å². The molecule has 4 nitrogen and oxygen atoms in total. The van der Waals surface area contributed by atoms with E-state index in [4.69, 9.17) is 4.74 Å². The van der Waals surface area contributed by atoms with E-state index in [1.54, 1.807) is 24.3 Å². The Kier molecular flexibility index (Phi) is 8.69. The zero-order valence-electron chi connectivity index (χ0n) is 20.1. The molecule has 2 aromatic heterocycles. The predicted molar refractivity (Wildman–Crippen MR) is 139 cm³/mol. The zero-order chi connectivity index (χ0) is 26.1. The van der Waals surface area contributed by atoms with Crippen LogP contribution in [0.3, 0.4) is 0 Å². The second-order valence-electron chi connectivity index (χ2n) is 8.58. The molecule has 5 rings (SSSR count). The number of hydrogen-bond acceptors (Lipinski definition) is 4. The highest BCUT2D eigenvalue weighted by atomic mass is 19.4. The molecule has 0 aliphatic rings. The van der Waals surface area contributed by atoms with Crippen LogP contribution in [-0.2, 0) is 6.61 Å². The van der Waals surface area contributed by atoms with Crippen molar-refractivity contribution in [1.82, 2.24) is 9.97 Å². The van der Waals surface area contributed by atoms with E-state index in [-0.39, 0.29) is 19.4 Å². The van der Waals surface area contributed by atoms with Gasteiger partial charge in [-0.05, 0) is 54.8 Å². The fourth-order valence-electron chi connectivity index (χ4n) is 3.84. The van der Waals surface area contributed by atoms with E-state index < -0.39 is 18.7 Å². The number of para-hydroxylation sites is 2. The normalized spacial score (nSPS) is 12.1. The van der Waals surface area contributed by atoms with Gasteiger partial charge in [0.25, 0.3) is 0 Å². The summed E-state index contributed by atoms with van der Waals surface area (Å²) in [5.41, 5.74) is 3.25. The Morgan fingerprint density at radius 1 is 0.784 bits per heavy atom. The summed E-state index contributed by atoms with van der Waals surface area (Å²) in [6.45, 7) is 0.262. The van der Waals surface area contributed by atoms with E-state index in [0.29, 0.717) is 11.3 Å². The third-order valence-electron chi connectivity index (χ3n) is 5.74. The minimum absolute atomic E-state index is 0.0508. The van der Waals surface area contributed by atoms with Crippen LogP contribution in [0.1, 0.15) is 36.6 Å². The maximum absolute atomic E-state index is 12.2. The van der Waals surface area contributed by atoms with E-state index in [0.717, 1.165) is 22.1 Å². The number of aliphatic hydroxyl groups is 1. The van der Waals surface area contributed by atoms with Gasteiger partial charge >= 0.3 is 6.18 Å². The summed E-state index contributed by atoms with van der Waals surface area (Å²) in [5.74, 6) is 0.539. The van der Waals surface area contributed by atoms with Gasteiger partial charge in [-0.1, -0.05) is 60.7 Å². The molecule has 190 valence electrons. The van der Waals surface area contributed by atoms with Crippen LogP contribution in [0.5, 0.6) is 5.75 Å². The number of halogens is 3. The highest BCUT2D eigenvalue weighted by molar-refractivity contribution is 5.78. The van der Waals surface area contributed by atoms with E-state index in [1.165, 1.54) is 5.39 Å². The molecule has 0 aliphatic carbocycles. The Hall–Kier alpha value is -3.97. The average Bonchev–Trinajstić information content (AvgIpc) is 2.91. The Morgan fingerprint density at radius 3 is 2.24 bits per heavy atom. The van der Waals surface area contributed by atoms with Gasteiger partial charge in [-0.25, -0.2) is 4.98 Å². The number of ether oxygens (including phenoxy) is 1. The predicted octanol–water partition coefficient (Wildman–Crippen LogP) is 7.81. The first-order valence-electron chi connectivity index (χ1n) is 12.0. The summed E-state index contributed by atoms with van der Waals surface area (Å²) in [4.78, 5) is 8.71. The van der Waals surface area contributed by atoms with Gasteiger partial charge in [0.15, 0.2) is 0 Å². The number of rotatable bonds is 7. The Labute approximate surface area is 213 Å². The lowest BCUT2D eigenvalue weighted by Gasteiger charge is -2.14. The van der Waals surface area contributed by atoms with Gasteiger partial charge < -0.3 is 9.84 Å². The lowest BCUT2D eigenvalue weighted by atomic mass is 10.0. The molecule has 0 fully saturated rings. The van der Waals surface area contributed by atoms with Gasteiger partial charge in [0.1, 0.15) is 12.4 Å². The molecule has 0 amide bonds. The molecule has 7 heteroatoms. The van der Waals surface area contributed by atoms with Crippen molar-refractivity contribution in [1.29, 1.82) is 0 Å². The summed E-state index contributed by atoms with van der Waals surface area (Å²) < 4.78 is 42.4. The molecule has 0 saturated carbocycles. The van der Waals surface area contributed by atoms with Crippen molar-refractivity contribution in [3.8, 4) is 5.75 Å². The number of aromatic nitrogens is 2. The lowest BCUT2D eigenvalue weighted by Crippen LogP contribution is -2.08. The molecule has 5 aromatic rings. The van der Waals surface area contributed by atoms with Crippen LogP contribution in [0, 0.1) is 0 Å². The van der Waals surface area contributed by atoms with E-state index in [2.05, 4.69) is 22.1 Å². The van der Waals surface area contributed by atoms with Crippen LogP contribution in [0.2, 0.25) is 0 Å². The van der Waals surface area contributed by atoms with Crippen molar-refractivity contribution in [3.05, 3.63) is 115 Å². The third kappa shape index (κ3) is 8.02. The first-order valence-corrected chi connectivity index (χ1v) is 12.0. The fraction of sp³-hybridized carbons (Fsp3) is 0.200. The van der Waals surface area contributed by atoms with Crippen LogP contribution in [0.4, 0.5) is 13.2 Å². The molecule has 1 atom stereocenters. The summed E-state index contributed by atoms with van der Waals surface area (Å²) in [5, 5.41) is 12.4. The number of hydrogen-bond donors (Lipinski definition) is 1. The van der Waals surface area contributed by atoms with Gasteiger partial charge in [0.05, 0.1) is 22.8 Å². The molecule has 0 aliphatic heterocycles. The van der Waals surface area contributed by atoms with Crippen molar-refractivity contribution in [2.45, 2.75) is 38.1 Å². The molecule has 2 heterocycles. The number of nitrogens with zero attached hydrogens (tertiary/aromatic N) is 2. The standard InChI is InChI=1S/C21H20F3NO2.C9H7N/c22-21(23,24)12-4-9-20(26)16-6-3-7-18(13-16)27-14-17-11-10-15-5-1-2-8-19(15)25-17;1-2-6-9-8(4-1)5-3-7-10-9/h1-3,5-8,10-11,13,20,26H,4,9,12,14H2;1-7H. The second-order valence-corrected chi connectivity index (χ2v) is 8.58. The smallest absolute Gasteiger partial charge is 0.389 e. The number of pyridine rings is 2. The van der Waals surface area contributed by atoms with Crippen LogP contribution >= 0.6 is 0 Å². The van der Waals surface area contributed by atoms with Gasteiger partial charge in [-0.15, -0.1) is 0 Å². The van der Waals surface area contributed by atoms with Crippen molar-refractivity contribution >= 4 is 21.8 Å². The van der Waals surface area contributed by atoms with E-state index >= 15 is 0 Å². The largest absolute Gasteiger partial charge is 0.487 e. The first kappa shape index (κ1) is 26.1. The van der Waals surface area contributed by atoms with Gasteiger partial charge in [-0.3, -0.25) is 4.98 Å². The molecule has 1 unspecified atom stereocenters.